The van der Waals surface area contributed by atoms with E-state index in [9.17, 15) is 14.4 Å². The zero-order chi connectivity index (χ0) is 31.9. The van der Waals surface area contributed by atoms with E-state index in [1.807, 2.05) is 24.3 Å². The molecule has 1 fully saturated rings. The van der Waals surface area contributed by atoms with Crippen LogP contribution in [0.15, 0.2) is 47.5 Å². The molecule has 0 aromatic heterocycles. The second kappa shape index (κ2) is 15.5. The topological polar surface area (TPSA) is 87.0 Å². The summed E-state index contributed by atoms with van der Waals surface area (Å²) in [7, 11) is 0. The monoisotopic (exact) mass is 640 g/mol. The van der Waals surface area contributed by atoms with E-state index in [2.05, 4.69) is 25.7 Å². The van der Waals surface area contributed by atoms with Gasteiger partial charge < -0.3 is 10.0 Å². The molecule has 6 nitrogen and oxygen atoms in total. The van der Waals surface area contributed by atoms with E-state index >= 15 is 0 Å². The van der Waals surface area contributed by atoms with Crippen LogP contribution < -0.4 is 0 Å². The van der Waals surface area contributed by atoms with Crippen LogP contribution in [0.5, 0.6) is 0 Å². The summed E-state index contributed by atoms with van der Waals surface area (Å²) in [5, 5.41) is 9.75. The maximum atomic E-state index is 14.5. The predicted octanol–water partition coefficient (Wildman–Crippen LogP) is 9.71. The van der Waals surface area contributed by atoms with Gasteiger partial charge in [0, 0.05) is 34.0 Å². The van der Waals surface area contributed by atoms with Crippen LogP contribution in [-0.4, -0.2) is 39.0 Å². The largest absolute Gasteiger partial charge is 0.481 e. The lowest BCUT2D eigenvalue weighted by Crippen LogP contribution is -2.52. The van der Waals surface area contributed by atoms with Crippen molar-refractivity contribution in [3.05, 3.63) is 69.2 Å². The number of hydrogen-bond donors (Lipinski definition) is 1. The average Bonchev–Trinajstić information content (AvgIpc) is 3.22. The molecular formula is C36H46Cl2N2O4. The minimum atomic E-state index is -0.778. The van der Waals surface area contributed by atoms with Crippen molar-refractivity contribution in [2.45, 2.75) is 116 Å². The Hall–Kier alpha value is -2.70. The zero-order valence-corrected chi connectivity index (χ0v) is 27.8. The van der Waals surface area contributed by atoms with Gasteiger partial charge in [-0.3, -0.25) is 19.4 Å². The van der Waals surface area contributed by atoms with Gasteiger partial charge in [0.05, 0.1) is 6.04 Å². The molecule has 0 saturated heterocycles. The van der Waals surface area contributed by atoms with E-state index in [0.29, 0.717) is 51.6 Å². The number of carboxylic acid groups (broad SMARTS) is 1. The lowest BCUT2D eigenvalue weighted by molar-refractivity contribution is -0.137. The molecule has 0 bridgehead atoms. The quantitative estimate of drug-likeness (QED) is 0.155. The standard InChI is InChI=1S/C36H46Cl2N2O4/c1-4-5-8-11-31(26-14-16-27(17-15-26)32(41)12-9-6-7-10-13-33(42)43)40-35(44)34(28-19-29(37)21-30(38)20-28)39-36(40)22-24(2)18-25(3)23-36/h14-17,19-21,24-25,31H,4-13,18,22-23H2,1-3H3,(H,42,43). The van der Waals surface area contributed by atoms with Crippen LogP contribution in [0.4, 0.5) is 0 Å². The van der Waals surface area contributed by atoms with Crippen LogP contribution in [0.1, 0.15) is 132 Å². The van der Waals surface area contributed by atoms with Gasteiger partial charge in [-0.2, -0.15) is 0 Å². The van der Waals surface area contributed by atoms with Crippen molar-refractivity contribution in [3.63, 3.8) is 0 Å². The second-order valence-electron chi connectivity index (χ2n) is 13.0. The third-order valence-electron chi connectivity index (χ3n) is 9.04. The summed E-state index contributed by atoms with van der Waals surface area (Å²) in [6.45, 7) is 6.68. The van der Waals surface area contributed by atoms with Gasteiger partial charge >= 0.3 is 5.97 Å². The highest BCUT2D eigenvalue weighted by Crippen LogP contribution is 2.49. The number of benzene rings is 2. The van der Waals surface area contributed by atoms with Gasteiger partial charge in [-0.05, 0) is 74.1 Å². The first-order valence-electron chi connectivity index (χ1n) is 16.3. The van der Waals surface area contributed by atoms with Crippen molar-refractivity contribution in [2.75, 3.05) is 0 Å². The number of Topliss-reactive ketones (excluding diaryl/α,β-unsaturated/α-hetero) is 1. The van der Waals surface area contributed by atoms with Gasteiger partial charge in [-0.25, -0.2) is 0 Å². The molecule has 3 unspecified atom stereocenters. The number of aliphatic imine (C=N–C) groups is 1. The number of ketones is 1. The Morgan fingerprint density at radius 3 is 2.14 bits per heavy atom. The number of nitrogens with zero attached hydrogens (tertiary/aromatic N) is 2. The van der Waals surface area contributed by atoms with Gasteiger partial charge in [0.25, 0.3) is 5.91 Å². The summed E-state index contributed by atoms with van der Waals surface area (Å²) >= 11 is 12.7. The van der Waals surface area contributed by atoms with Crippen molar-refractivity contribution in [3.8, 4) is 0 Å². The summed E-state index contributed by atoms with van der Waals surface area (Å²) in [5.41, 5.74) is 2.11. The molecule has 3 atom stereocenters. The van der Waals surface area contributed by atoms with Crippen LogP contribution >= 0.6 is 23.2 Å². The molecule has 2 aromatic carbocycles. The van der Waals surface area contributed by atoms with E-state index in [0.717, 1.165) is 69.8 Å². The molecule has 0 radical (unpaired) electrons. The highest BCUT2D eigenvalue weighted by atomic mass is 35.5. The molecule has 8 heteroatoms. The van der Waals surface area contributed by atoms with Crippen molar-refractivity contribution in [2.24, 2.45) is 16.8 Å². The van der Waals surface area contributed by atoms with Crippen LogP contribution in [-0.2, 0) is 9.59 Å². The minimum Gasteiger partial charge on any atom is -0.481 e. The molecule has 4 rings (SSSR count). The maximum Gasteiger partial charge on any atom is 0.303 e. The minimum absolute atomic E-state index is 0.0874. The molecule has 1 aliphatic heterocycles. The molecule has 1 saturated carbocycles. The van der Waals surface area contributed by atoms with Gasteiger partial charge in [-0.15, -0.1) is 0 Å². The first kappa shape index (κ1) is 34.2. The molecule has 2 aromatic rings. The van der Waals surface area contributed by atoms with E-state index in [-0.39, 0.29) is 24.2 Å². The van der Waals surface area contributed by atoms with Crippen LogP contribution in [0, 0.1) is 11.8 Å². The molecule has 1 aliphatic carbocycles. The van der Waals surface area contributed by atoms with E-state index in [1.54, 1.807) is 18.2 Å². The number of carbonyl (C=O) groups excluding carboxylic acids is 2. The predicted molar refractivity (Wildman–Crippen MR) is 178 cm³/mol. The first-order chi connectivity index (χ1) is 21.0. The van der Waals surface area contributed by atoms with E-state index in [4.69, 9.17) is 33.3 Å². The zero-order valence-electron chi connectivity index (χ0n) is 26.3. The van der Waals surface area contributed by atoms with E-state index < -0.39 is 11.6 Å². The van der Waals surface area contributed by atoms with E-state index in [1.165, 1.54) is 0 Å². The summed E-state index contributed by atoms with van der Waals surface area (Å²) in [6.07, 6.45) is 10.3. The number of rotatable bonds is 15. The lowest BCUT2D eigenvalue weighted by atomic mass is 9.75. The summed E-state index contributed by atoms with van der Waals surface area (Å²) < 4.78 is 0. The third kappa shape index (κ3) is 8.51. The number of carbonyl (C=O) groups is 3. The Morgan fingerprint density at radius 1 is 0.932 bits per heavy atom. The molecule has 238 valence electrons. The third-order valence-corrected chi connectivity index (χ3v) is 9.47. The number of carboxylic acids is 1. The van der Waals surface area contributed by atoms with Crippen LogP contribution in [0.3, 0.4) is 0 Å². The number of hydrogen-bond acceptors (Lipinski definition) is 4. The molecule has 1 spiro atoms. The Balaban J connectivity index is 1.62. The lowest BCUT2D eigenvalue weighted by Gasteiger charge is -2.47. The van der Waals surface area contributed by atoms with Crippen molar-refractivity contribution in [1.82, 2.24) is 4.90 Å². The van der Waals surface area contributed by atoms with Crippen LogP contribution in [0.25, 0.3) is 0 Å². The SMILES string of the molecule is CCCCCC(c1ccc(C(=O)CCCCCCC(=O)O)cc1)N1C(=O)C(c2cc(Cl)cc(Cl)c2)=NC12CC(C)CC(C)C2. The fourth-order valence-corrected chi connectivity index (χ4v) is 7.77. The maximum absolute atomic E-state index is 14.5. The summed E-state index contributed by atoms with van der Waals surface area (Å²) in [4.78, 5) is 45.5. The first-order valence-corrected chi connectivity index (χ1v) is 17.0. The highest BCUT2D eigenvalue weighted by Gasteiger charge is 2.53. The van der Waals surface area contributed by atoms with Crippen molar-refractivity contribution >= 4 is 46.6 Å². The number of amides is 1. The normalized spacial score (nSPS) is 22.3. The van der Waals surface area contributed by atoms with Crippen LogP contribution in [0.2, 0.25) is 10.0 Å². The van der Waals surface area contributed by atoms with Crippen molar-refractivity contribution in [1.29, 1.82) is 0 Å². The molecule has 44 heavy (non-hydrogen) atoms. The molecule has 1 heterocycles. The Morgan fingerprint density at radius 2 is 1.55 bits per heavy atom. The number of unbranched alkanes of at least 4 members (excludes halogenated alkanes) is 5. The Labute approximate surface area is 272 Å². The van der Waals surface area contributed by atoms with Crippen molar-refractivity contribution < 1.29 is 19.5 Å². The average molecular weight is 642 g/mol. The summed E-state index contributed by atoms with van der Waals surface area (Å²) in [5.74, 6) is 0.0551. The molecule has 2 aliphatic rings. The fourth-order valence-electron chi connectivity index (χ4n) is 7.25. The summed E-state index contributed by atoms with van der Waals surface area (Å²) in [6, 6.07) is 12.9. The second-order valence-corrected chi connectivity index (χ2v) is 13.9. The molecule has 1 N–H and O–H groups in total. The fraction of sp³-hybridized carbons (Fsp3) is 0.556. The smallest absolute Gasteiger partial charge is 0.303 e. The van der Waals surface area contributed by atoms with Gasteiger partial charge in [0.1, 0.15) is 11.4 Å². The van der Waals surface area contributed by atoms with Gasteiger partial charge in [-0.1, -0.05) is 100 Å². The number of aliphatic carboxylic acids is 1. The molecular weight excluding hydrogens is 595 g/mol. The number of halogens is 2. The highest BCUT2D eigenvalue weighted by molar-refractivity contribution is 6.47. The van der Waals surface area contributed by atoms with Gasteiger partial charge in [0.2, 0.25) is 0 Å². The Kier molecular flexibility index (Phi) is 12.1. The Bertz CT molecular complexity index is 1330. The molecule has 1 amide bonds. The van der Waals surface area contributed by atoms with Gasteiger partial charge in [0.15, 0.2) is 5.78 Å².